The average molecular weight is 195 g/mol. The van der Waals surface area contributed by atoms with Crippen molar-refractivity contribution in [1.29, 1.82) is 0 Å². The maximum absolute atomic E-state index is 11.7. The van der Waals surface area contributed by atoms with E-state index in [9.17, 15) is 4.79 Å². The third-order valence-corrected chi connectivity index (χ3v) is 2.76. The highest BCUT2D eigenvalue weighted by Gasteiger charge is 2.15. The average Bonchev–Trinajstić information content (AvgIpc) is 2.25. The molecule has 1 heterocycles. The van der Waals surface area contributed by atoms with Gasteiger partial charge in [-0.2, -0.15) is 0 Å². The summed E-state index contributed by atoms with van der Waals surface area (Å²) in [5.74, 6) is 0.355. The standard InChI is InChI=1S/C12H21NO/c1-2-3-4-6-9-12(14)13-10-7-5-8-11-13/h2H,1,3-11H2. The number of carbonyl (C=O) groups is 1. The van der Waals surface area contributed by atoms with E-state index in [0.717, 1.165) is 38.8 Å². The highest BCUT2D eigenvalue weighted by atomic mass is 16.2. The van der Waals surface area contributed by atoms with Crippen LogP contribution in [0.1, 0.15) is 44.9 Å². The molecule has 0 saturated carbocycles. The van der Waals surface area contributed by atoms with E-state index in [-0.39, 0.29) is 0 Å². The van der Waals surface area contributed by atoms with Gasteiger partial charge in [0, 0.05) is 19.5 Å². The second-order valence-corrected chi connectivity index (χ2v) is 3.98. The summed E-state index contributed by atoms with van der Waals surface area (Å²) in [7, 11) is 0. The van der Waals surface area contributed by atoms with E-state index in [1.807, 2.05) is 11.0 Å². The summed E-state index contributed by atoms with van der Waals surface area (Å²) < 4.78 is 0. The molecule has 1 rings (SSSR count). The normalized spacial score (nSPS) is 16.7. The van der Waals surface area contributed by atoms with Crippen LogP contribution in [-0.4, -0.2) is 23.9 Å². The van der Waals surface area contributed by atoms with Crippen molar-refractivity contribution in [3.8, 4) is 0 Å². The van der Waals surface area contributed by atoms with Crippen molar-refractivity contribution in [1.82, 2.24) is 4.90 Å². The molecule has 0 aliphatic carbocycles. The lowest BCUT2D eigenvalue weighted by atomic mass is 10.1. The Morgan fingerprint density at radius 2 is 1.93 bits per heavy atom. The first kappa shape index (κ1) is 11.3. The molecule has 1 amide bonds. The number of hydrogen-bond donors (Lipinski definition) is 0. The molecular weight excluding hydrogens is 174 g/mol. The van der Waals surface area contributed by atoms with Crippen molar-refractivity contribution in [2.24, 2.45) is 0 Å². The smallest absolute Gasteiger partial charge is 0.222 e. The molecular formula is C12H21NO. The van der Waals surface area contributed by atoms with Crippen LogP contribution in [-0.2, 0) is 4.79 Å². The quantitative estimate of drug-likeness (QED) is 0.488. The molecule has 2 nitrogen and oxygen atoms in total. The van der Waals surface area contributed by atoms with Crippen molar-refractivity contribution < 1.29 is 4.79 Å². The maximum Gasteiger partial charge on any atom is 0.222 e. The van der Waals surface area contributed by atoms with Gasteiger partial charge < -0.3 is 4.90 Å². The second kappa shape index (κ2) is 6.63. The Morgan fingerprint density at radius 1 is 1.21 bits per heavy atom. The Morgan fingerprint density at radius 3 is 2.57 bits per heavy atom. The van der Waals surface area contributed by atoms with Crippen molar-refractivity contribution in [3.05, 3.63) is 12.7 Å². The summed E-state index contributed by atoms with van der Waals surface area (Å²) >= 11 is 0. The van der Waals surface area contributed by atoms with Crippen LogP contribution in [0.4, 0.5) is 0 Å². The number of piperidine rings is 1. The van der Waals surface area contributed by atoms with E-state index < -0.39 is 0 Å². The van der Waals surface area contributed by atoms with Gasteiger partial charge in [0.2, 0.25) is 5.91 Å². The molecule has 1 fully saturated rings. The first-order chi connectivity index (χ1) is 6.84. The number of likely N-dealkylation sites (tertiary alicyclic amines) is 1. The predicted molar refractivity (Wildman–Crippen MR) is 59.1 cm³/mol. The minimum atomic E-state index is 0.355. The van der Waals surface area contributed by atoms with Crippen LogP contribution >= 0.6 is 0 Å². The fourth-order valence-corrected chi connectivity index (χ4v) is 1.87. The molecule has 0 unspecified atom stereocenters. The van der Waals surface area contributed by atoms with Crippen LogP contribution in [0.25, 0.3) is 0 Å². The van der Waals surface area contributed by atoms with Crippen molar-refractivity contribution >= 4 is 5.91 Å². The highest BCUT2D eigenvalue weighted by Crippen LogP contribution is 2.11. The number of nitrogens with zero attached hydrogens (tertiary/aromatic N) is 1. The van der Waals surface area contributed by atoms with Crippen LogP contribution in [0.3, 0.4) is 0 Å². The number of amides is 1. The van der Waals surface area contributed by atoms with Gasteiger partial charge in [-0.3, -0.25) is 4.79 Å². The molecule has 1 aliphatic heterocycles. The van der Waals surface area contributed by atoms with Gasteiger partial charge in [0.25, 0.3) is 0 Å². The van der Waals surface area contributed by atoms with Crippen molar-refractivity contribution in [2.45, 2.75) is 44.9 Å². The van der Waals surface area contributed by atoms with E-state index in [4.69, 9.17) is 0 Å². The molecule has 14 heavy (non-hydrogen) atoms. The number of allylic oxidation sites excluding steroid dienone is 1. The number of carbonyl (C=O) groups excluding carboxylic acids is 1. The molecule has 0 N–H and O–H groups in total. The Balaban J connectivity index is 2.10. The zero-order valence-electron chi connectivity index (χ0n) is 9.00. The molecule has 80 valence electrons. The van der Waals surface area contributed by atoms with Crippen LogP contribution < -0.4 is 0 Å². The zero-order chi connectivity index (χ0) is 10.2. The monoisotopic (exact) mass is 195 g/mol. The van der Waals surface area contributed by atoms with Gasteiger partial charge in [-0.15, -0.1) is 6.58 Å². The lowest BCUT2D eigenvalue weighted by molar-refractivity contribution is -0.132. The van der Waals surface area contributed by atoms with E-state index >= 15 is 0 Å². The lowest BCUT2D eigenvalue weighted by Crippen LogP contribution is -2.35. The van der Waals surface area contributed by atoms with Gasteiger partial charge in [0.05, 0.1) is 0 Å². The highest BCUT2D eigenvalue weighted by molar-refractivity contribution is 5.76. The molecule has 2 heteroatoms. The predicted octanol–water partition coefficient (Wildman–Crippen LogP) is 2.75. The fourth-order valence-electron chi connectivity index (χ4n) is 1.87. The summed E-state index contributed by atoms with van der Waals surface area (Å²) in [4.78, 5) is 13.7. The van der Waals surface area contributed by atoms with E-state index in [1.165, 1.54) is 19.3 Å². The minimum absolute atomic E-state index is 0.355. The second-order valence-electron chi connectivity index (χ2n) is 3.98. The van der Waals surface area contributed by atoms with E-state index in [0.29, 0.717) is 5.91 Å². The summed E-state index contributed by atoms with van der Waals surface area (Å²) in [6, 6.07) is 0. The van der Waals surface area contributed by atoms with Crippen LogP contribution in [0.5, 0.6) is 0 Å². The topological polar surface area (TPSA) is 20.3 Å². The summed E-state index contributed by atoms with van der Waals surface area (Å²) in [5.41, 5.74) is 0. The fraction of sp³-hybridized carbons (Fsp3) is 0.750. The molecule has 0 radical (unpaired) electrons. The molecule has 0 atom stereocenters. The van der Waals surface area contributed by atoms with Crippen LogP contribution in [0.2, 0.25) is 0 Å². The SMILES string of the molecule is C=CCCCCC(=O)N1CCCCC1. The molecule has 0 spiro atoms. The Kier molecular flexibility index (Phi) is 5.35. The van der Waals surface area contributed by atoms with Gasteiger partial charge in [-0.25, -0.2) is 0 Å². The molecule has 1 aliphatic rings. The summed E-state index contributed by atoms with van der Waals surface area (Å²) in [5, 5.41) is 0. The van der Waals surface area contributed by atoms with Gasteiger partial charge >= 0.3 is 0 Å². The number of hydrogen-bond acceptors (Lipinski definition) is 1. The van der Waals surface area contributed by atoms with Crippen molar-refractivity contribution in [2.75, 3.05) is 13.1 Å². The molecule has 1 saturated heterocycles. The Bertz CT molecular complexity index is 183. The van der Waals surface area contributed by atoms with Gasteiger partial charge in [0.15, 0.2) is 0 Å². The largest absolute Gasteiger partial charge is 0.343 e. The third-order valence-electron chi connectivity index (χ3n) is 2.76. The van der Waals surface area contributed by atoms with Gasteiger partial charge in [0.1, 0.15) is 0 Å². The number of unbranched alkanes of at least 4 members (excludes halogenated alkanes) is 2. The molecule has 0 aromatic rings. The molecule has 0 bridgehead atoms. The Hall–Kier alpha value is -0.790. The lowest BCUT2D eigenvalue weighted by Gasteiger charge is -2.26. The zero-order valence-corrected chi connectivity index (χ0v) is 9.00. The first-order valence-corrected chi connectivity index (χ1v) is 5.73. The van der Waals surface area contributed by atoms with E-state index in [1.54, 1.807) is 0 Å². The molecule has 0 aromatic carbocycles. The van der Waals surface area contributed by atoms with Gasteiger partial charge in [-0.1, -0.05) is 6.08 Å². The maximum atomic E-state index is 11.7. The first-order valence-electron chi connectivity index (χ1n) is 5.73. The van der Waals surface area contributed by atoms with Crippen LogP contribution in [0.15, 0.2) is 12.7 Å². The van der Waals surface area contributed by atoms with Crippen molar-refractivity contribution in [3.63, 3.8) is 0 Å². The minimum Gasteiger partial charge on any atom is -0.343 e. The van der Waals surface area contributed by atoms with Gasteiger partial charge in [-0.05, 0) is 38.5 Å². The summed E-state index contributed by atoms with van der Waals surface area (Å²) in [6.45, 7) is 5.64. The van der Waals surface area contributed by atoms with E-state index in [2.05, 4.69) is 6.58 Å². The molecule has 0 aromatic heterocycles. The summed E-state index contributed by atoms with van der Waals surface area (Å²) in [6.07, 6.45) is 9.48. The third kappa shape index (κ3) is 3.95. The van der Waals surface area contributed by atoms with Crippen LogP contribution in [0, 0.1) is 0 Å². The Labute approximate surface area is 87.0 Å². The number of rotatable bonds is 5.